The topological polar surface area (TPSA) is 35.5 Å². The van der Waals surface area contributed by atoms with Gasteiger partial charge >= 0.3 is 0 Å². The number of hydrogen-bond donors (Lipinski definition) is 2. The molecular weight excluding hydrogens is 328 g/mol. The molecule has 1 saturated heterocycles. The molecule has 1 fully saturated rings. The molecule has 0 spiro atoms. The van der Waals surface area contributed by atoms with E-state index in [0.717, 1.165) is 36.9 Å². The second kappa shape index (κ2) is 8.76. The molecule has 0 aromatic heterocycles. The van der Waals surface area contributed by atoms with Crippen LogP contribution in [0.2, 0.25) is 0 Å². The van der Waals surface area contributed by atoms with Crippen molar-refractivity contribution in [1.29, 1.82) is 0 Å². The normalized spacial score (nSPS) is 19.6. The lowest BCUT2D eigenvalue weighted by Crippen LogP contribution is -2.37. The third-order valence-electron chi connectivity index (χ3n) is 4.17. The van der Waals surface area contributed by atoms with Crippen molar-refractivity contribution in [3.05, 3.63) is 28.2 Å². The van der Waals surface area contributed by atoms with Gasteiger partial charge in [-0.25, -0.2) is 0 Å². The maximum atomic E-state index is 9.67. The first-order valence-electron chi connectivity index (χ1n) is 8.13. The van der Waals surface area contributed by atoms with Gasteiger partial charge in [-0.05, 0) is 59.4 Å². The van der Waals surface area contributed by atoms with Crippen molar-refractivity contribution in [3.8, 4) is 0 Å². The van der Waals surface area contributed by atoms with Crippen molar-refractivity contribution in [2.75, 3.05) is 24.6 Å². The first-order valence-corrected chi connectivity index (χ1v) is 8.92. The van der Waals surface area contributed by atoms with Gasteiger partial charge in [0, 0.05) is 17.6 Å². The van der Waals surface area contributed by atoms with Crippen LogP contribution in [0.4, 0.5) is 5.69 Å². The highest BCUT2D eigenvalue weighted by atomic mass is 79.9. The van der Waals surface area contributed by atoms with Crippen molar-refractivity contribution in [3.63, 3.8) is 0 Å². The van der Waals surface area contributed by atoms with Crippen LogP contribution in [-0.2, 0) is 6.54 Å². The molecule has 1 aliphatic heterocycles. The number of nitrogens with zero attached hydrogens (tertiary/aromatic N) is 1. The van der Waals surface area contributed by atoms with Crippen LogP contribution < -0.4 is 10.2 Å². The molecule has 0 amide bonds. The third-order valence-corrected chi connectivity index (χ3v) is 4.80. The molecular formula is C17H27BrN2O. The average molecular weight is 355 g/mol. The number of nitrogens with one attached hydrogen (secondary N) is 1. The second-order valence-corrected chi connectivity index (χ2v) is 6.70. The van der Waals surface area contributed by atoms with E-state index in [4.69, 9.17) is 0 Å². The van der Waals surface area contributed by atoms with Gasteiger partial charge in [0.15, 0.2) is 0 Å². The Morgan fingerprint density at radius 1 is 1.33 bits per heavy atom. The molecule has 21 heavy (non-hydrogen) atoms. The predicted octanol–water partition coefficient (Wildman–Crippen LogP) is 3.69. The lowest BCUT2D eigenvalue weighted by atomic mass is 10.1. The number of halogens is 1. The van der Waals surface area contributed by atoms with Gasteiger partial charge in [-0.15, -0.1) is 0 Å². The molecule has 1 atom stereocenters. The molecule has 4 heteroatoms. The Morgan fingerprint density at radius 2 is 2.19 bits per heavy atom. The molecule has 1 aromatic rings. The summed E-state index contributed by atoms with van der Waals surface area (Å²) < 4.78 is 1.14. The highest BCUT2D eigenvalue weighted by Crippen LogP contribution is 2.31. The van der Waals surface area contributed by atoms with Crippen molar-refractivity contribution < 1.29 is 5.11 Å². The minimum absolute atomic E-state index is 0.242. The largest absolute Gasteiger partial charge is 0.394 e. The van der Waals surface area contributed by atoms with E-state index in [9.17, 15) is 5.11 Å². The molecule has 2 N–H and O–H groups in total. The highest BCUT2D eigenvalue weighted by Gasteiger charge is 2.22. The number of hydrogen-bond acceptors (Lipinski definition) is 3. The van der Waals surface area contributed by atoms with E-state index in [1.807, 2.05) is 0 Å². The molecule has 118 valence electrons. The molecule has 0 radical (unpaired) electrons. The first-order chi connectivity index (χ1) is 10.3. The van der Waals surface area contributed by atoms with E-state index in [2.05, 4.69) is 51.3 Å². The summed E-state index contributed by atoms with van der Waals surface area (Å²) in [6, 6.07) is 6.85. The summed E-state index contributed by atoms with van der Waals surface area (Å²) in [4.78, 5) is 2.38. The number of aliphatic hydroxyl groups excluding tert-OH is 1. The molecule has 3 nitrogen and oxygen atoms in total. The van der Waals surface area contributed by atoms with Crippen molar-refractivity contribution in [2.24, 2.45) is 0 Å². The lowest BCUT2D eigenvalue weighted by Gasteiger charge is -2.32. The van der Waals surface area contributed by atoms with Crippen LogP contribution in [0.15, 0.2) is 22.7 Å². The molecule has 0 aliphatic carbocycles. The molecule has 1 aromatic carbocycles. The fourth-order valence-corrected chi connectivity index (χ4v) is 3.64. The van der Waals surface area contributed by atoms with E-state index in [1.54, 1.807) is 0 Å². The SMILES string of the molecule is CCCNCc1ccc(N2CCCCCC2CO)c(Br)c1. The van der Waals surface area contributed by atoms with Gasteiger partial charge in [0.1, 0.15) is 0 Å². The Bertz CT molecular complexity index is 439. The van der Waals surface area contributed by atoms with E-state index < -0.39 is 0 Å². The standard InChI is InChI=1S/C17H27BrN2O/c1-2-9-19-12-14-7-8-17(16(18)11-14)20-10-5-3-4-6-15(20)13-21/h7-8,11,15,19,21H,2-6,9-10,12-13H2,1H3. The first kappa shape index (κ1) is 16.8. The fourth-order valence-electron chi connectivity index (χ4n) is 2.99. The minimum Gasteiger partial charge on any atom is -0.394 e. The Kier molecular flexibility index (Phi) is 7.00. The molecule has 0 bridgehead atoms. The van der Waals surface area contributed by atoms with Crippen molar-refractivity contribution >= 4 is 21.6 Å². The zero-order valence-corrected chi connectivity index (χ0v) is 14.5. The van der Waals surface area contributed by atoms with Crippen LogP contribution in [0.3, 0.4) is 0 Å². The quantitative estimate of drug-likeness (QED) is 0.764. The third kappa shape index (κ3) is 4.70. The zero-order chi connectivity index (χ0) is 15.1. The highest BCUT2D eigenvalue weighted by molar-refractivity contribution is 9.10. The summed E-state index contributed by atoms with van der Waals surface area (Å²) in [7, 11) is 0. The Labute approximate surface area is 136 Å². The summed E-state index contributed by atoms with van der Waals surface area (Å²) in [5.74, 6) is 0. The van der Waals surface area contributed by atoms with Crippen LogP contribution in [0.1, 0.15) is 44.6 Å². The van der Waals surface area contributed by atoms with E-state index >= 15 is 0 Å². The molecule has 2 rings (SSSR count). The van der Waals surface area contributed by atoms with Gasteiger partial charge in [-0.3, -0.25) is 0 Å². The minimum atomic E-state index is 0.242. The fraction of sp³-hybridized carbons (Fsp3) is 0.647. The van der Waals surface area contributed by atoms with Gasteiger partial charge < -0.3 is 15.3 Å². The van der Waals surface area contributed by atoms with Gasteiger partial charge in [0.05, 0.1) is 18.3 Å². The van der Waals surface area contributed by atoms with Crippen LogP contribution in [0, 0.1) is 0 Å². The monoisotopic (exact) mass is 354 g/mol. The van der Waals surface area contributed by atoms with E-state index in [0.29, 0.717) is 0 Å². The van der Waals surface area contributed by atoms with Crippen LogP contribution in [0.5, 0.6) is 0 Å². The number of aliphatic hydroxyl groups is 1. The Hall–Kier alpha value is -0.580. The molecule has 0 saturated carbocycles. The van der Waals surface area contributed by atoms with E-state index in [-0.39, 0.29) is 12.6 Å². The van der Waals surface area contributed by atoms with Crippen molar-refractivity contribution in [2.45, 2.75) is 51.6 Å². The van der Waals surface area contributed by atoms with Crippen LogP contribution >= 0.6 is 15.9 Å². The number of benzene rings is 1. The van der Waals surface area contributed by atoms with Gasteiger partial charge in [-0.1, -0.05) is 25.8 Å². The molecule has 1 aliphatic rings. The summed E-state index contributed by atoms with van der Waals surface area (Å²) >= 11 is 3.72. The smallest absolute Gasteiger partial charge is 0.0635 e. The summed E-state index contributed by atoms with van der Waals surface area (Å²) in [5, 5.41) is 13.1. The zero-order valence-electron chi connectivity index (χ0n) is 12.9. The van der Waals surface area contributed by atoms with E-state index in [1.165, 1.54) is 30.5 Å². The Morgan fingerprint density at radius 3 is 2.90 bits per heavy atom. The van der Waals surface area contributed by atoms with Gasteiger partial charge in [-0.2, -0.15) is 0 Å². The molecule has 1 heterocycles. The van der Waals surface area contributed by atoms with Gasteiger partial charge in [0.25, 0.3) is 0 Å². The second-order valence-electron chi connectivity index (χ2n) is 5.84. The number of anilines is 1. The predicted molar refractivity (Wildman–Crippen MR) is 92.8 cm³/mol. The van der Waals surface area contributed by atoms with Crippen LogP contribution in [-0.4, -0.2) is 30.8 Å². The summed E-state index contributed by atoms with van der Waals surface area (Å²) in [5.41, 5.74) is 2.52. The van der Waals surface area contributed by atoms with Crippen LogP contribution in [0.25, 0.3) is 0 Å². The van der Waals surface area contributed by atoms with Gasteiger partial charge in [0.2, 0.25) is 0 Å². The maximum Gasteiger partial charge on any atom is 0.0635 e. The molecule has 1 unspecified atom stereocenters. The van der Waals surface area contributed by atoms with Crippen molar-refractivity contribution in [1.82, 2.24) is 5.32 Å². The average Bonchev–Trinajstić information content (AvgIpc) is 2.73. The summed E-state index contributed by atoms with van der Waals surface area (Å²) in [6.45, 7) is 5.43. The number of rotatable bonds is 6. The lowest BCUT2D eigenvalue weighted by molar-refractivity contribution is 0.255. The Balaban J connectivity index is 2.10. The maximum absolute atomic E-state index is 9.67. The summed E-state index contributed by atoms with van der Waals surface area (Å²) in [6.07, 6.45) is 5.94.